The van der Waals surface area contributed by atoms with Gasteiger partial charge in [0, 0.05) is 19.6 Å². The van der Waals surface area contributed by atoms with Crippen molar-refractivity contribution in [3.8, 4) is 0 Å². The number of hydrogen-bond acceptors (Lipinski definition) is 6. The van der Waals surface area contributed by atoms with Gasteiger partial charge in [-0.2, -0.15) is 0 Å². The first-order valence-electron chi connectivity index (χ1n) is 8.10. The average molecular weight is 333 g/mol. The van der Waals surface area contributed by atoms with Crippen LogP contribution < -0.4 is 0 Å². The molecule has 0 saturated carbocycles. The maximum atomic E-state index is 12.6. The molecule has 0 N–H and O–H groups in total. The van der Waals surface area contributed by atoms with Crippen LogP contribution in [0.25, 0.3) is 0 Å². The second-order valence-electron chi connectivity index (χ2n) is 6.15. The van der Waals surface area contributed by atoms with Gasteiger partial charge in [0.2, 0.25) is 0 Å². The van der Waals surface area contributed by atoms with E-state index in [1.165, 1.54) is 12.5 Å². The van der Waals surface area contributed by atoms with Gasteiger partial charge in [0.15, 0.2) is 0 Å². The van der Waals surface area contributed by atoms with E-state index in [4.69, 9.17) is 9.15 Å². The lowest BCUT2D eigenvalue weighted by Gasteiger charge is -2.19. The quantitative estimate of drug-likeness (QED) is 0.734. The molecule has 0 bridgehead atoms. The van der Waals surface area contributed by atoms with Crippen LogP contribution in [-0.4, -0.2) is 64.5 Å². The highest BCUT2D eigenvalue weighted by atomic mass is 16.5. The minimum atomic E-state index is -0.0297. The molecule has 1 aliphatic rings. The van der Waals surface area contributed by atoms with Crippen molar-refractivity contribution in [2.24, 2.45) is 0 Å². The van der Waals surface area contributed by atoms with Crippen LogP contribution in [0, 0.1) is 0 Å². The van der Waals surface area contributed by atoms with Crippen LogP contribution in [-0.2, 0) is 24.4 Å². The summed E-state index contributed by atoms with van der Waals surface area (Å²) in [7, 11) is 4.01. The van der Waals surface area contributed by atoms with E-state index in [1.54, 1.807) is 6.07 Å². The Morgan fingerprint density at radius 2 is 2.29 bits per heavy atom. The Bertz CT molecular complexity index is 665. The smallest absolute Gasteiger partial charge is 0.257 e. The lowest BCUT2D eigenvalue weighted by atomic mass is 10.2. The fraction of sp³-hybridized carbons (Fsp3) is 0.562. The van der Waals surface area contributed by atoms with Gasteiger partial charge in [-0.25, -0.2) is 4.68 Å². The minimum absolute atomic E-state index is 0.0297. The number of aryl methyl sites for hydroxylation is 1. The third-order valence-electron chi connectivity index (χ3n) is 4.03. The summed E-state index contributed by atoms with van der Waals surface area (Å²) in [6.07, 6.45) is 3.84. The van der Waals surface area contributed by atoms with Crippen LogP contribution in [0.15, 0.2) is 23.0 Å². The van der Waals surface area contributed by atoms with E-state index in [1.807, 2.05) is 23.7 Å². The minimum Gasteiger partial charge on any atom is -0.472 e. The predicted molar refractivity (Wildman–Crippen MR) is 86.3 cm³/mol. The average Bonchev–Trinajstić information content (AvgIpc) is 3.17. The van der Waals surface area contributed by atoms with Gasteiger partial charge in [0.25, 0.3) is 5.91 Å². The molecule has 0 atom stereocenters. The summed E-state index contributed by atoms with van der Waals surface area (Å²) in [5.74, 6) is -0.0297. The van der Waals surface area contributed by atoms with Crippen LogP contribution in [0.3, 0.4) is 0 Å². The summed E-state index contributed by atoms with van der Waals surface area (Å²) in [5.41, 5.74) is 2.33. The van der Waals surface area contributed by atoms with Crippen molar-refractivity contribution < 1.29 is 13.9 Å². The molecule has 3 rings (SSSR count). The number of fused-ring (bicyclic) bond motifs is 1. The molecular formula is C16H23N5O3. The molecule has 8 nitrogen and oxygen atoms in total. The molecule has 0 aliphatic carbocycles. The number of carbonyl (C=O) groups excluding carboxylic acids is 1. The molecule has 130 valence electrons. The van der Waals surface area contributed by atoms with Gasteiger partial charge >= 0.3 is 0 Å². The highest BCUT2D eigenvalue weighted by molar-refractivity contribution is 5.93. The lowest BCUT2D eigenvalue weighted by molar-refractivity contribution is 0.0740. The van der Waals surface area contributed by atoms with Crippen molar-refractivity contribution in [2.45, 2.75) is 26.1 Å². The fourth-order valence-corrected chi connectivity index (χ4v) is 2.66. The first-order valence-corrected chi connectivity index (χ1v) is 8.10. The second kappa shape index (κ2) is 7.59. The maximum Gasteiger partial charge on any atom is 0.257 e. The van der Waals surface area contributed by atoms with Gasteiger partial charge in [-0.15, -0.1) is 5.10 Å². The molecular weight excluding hydrogens is 310 g/mol. The second-order valence-corrected chi connectivity index (χ2v) is 6.15. The standard InChI is InChI=1S/C16H23N5O3/c1-19(2)7-9-24-12-14-15-10-20(5-3-6-21(15)18-17-14)16(22)13-4-8-23-11-13/h4,8,11H,3,5-7,9-10,12H2,1-2H3. The molecule has 3 heterocycles. The van der Waals surface area contributed by atoms with E-state index in [2.05, 4.69) is 15.2 Å². The SMILES string of the molecule is CN(C)CCOCc1nnn2c1CN(C(=O)c1ccoc1)CCC2. The third kappa shape index (κ3) is 3.82. The molecule has 0 fully saturated rings. The summed E-state index contributed by atoms with van der Waals surface area (Å²) in [6.45, 7) is 3.84. The van der Waals surface area contributed by atoms with E-state index >= 15 is 0 Å². The van der Waals surface area contributed by atoms with Crippen molar-refractivity contribution in [2.75, 3.05) is 33.8 Å². The predicted octanol–water partition coefficient (Wildman–Crippen LogP) is 0.995. The third-order valence-corrected chi connectivity index (χ3v) is 4.03. The molecule has 1 aliphatic heterocycles. The van der Waals surface area contributed by atoms with Crippen molar-refractivity contribution in [1.82, 2.24) is 24.8 Å². The van der Waals surface area contributed by atoms with Gasteiger partial charge in [0.05, 0.1) is 37.3 Å². The Labute approximate surface area is 141 Å². The summed E-state index contributed by atoms with van der Waals surface area (Å²) in [6, 6.07) is 1.69. The number of carbonyl (C=O) groups is 1. The lowest BCUT2D eigenvalue weighted by Crippen LogP contribution is -2.30. The van der Waals surface area contributed by atoms with E-state index in [-0.39, 0.29) is 5.91 Å². The summed E-state index contributed by atoms with van der Waals surface area (Å²) in [5, 5.41) is 8.44. The Kier molecular flexibility index (Phi) is 5.27. The Hall–Kier alpha value is -2.19. The van der Waals surface area contributed by atoms with Crippen molar-refractivity contribution >= 4 is 5.91 Å². The van der Waals surface area contributed by atoms with Gasteiger partial charge in [0.1, 0.15) is 12.0 Å². The van der Waals surface area contributed by atoms with Crippen molar-refractivity contribution in [1.29, 1.82) is 0 Å². The van der Waals surface area contributed by atoms with Crippen LogP contribution in [0.1, 0.15) is 28.2 Å². The molecule has 2 aromatic heterocycles. The summed E-state index contributed by atoms with van der Waals surface area (Å²) >= 11 is 0. The molecule has 8 heteroatoms. The van der Waals surface area contributed by atoms with Gasteiger partial charge in [-0.1, -0.05) is 5.21 Å². The fourth-order valence-electron chi connectivity index (χ4n) is 2.66. The first kappa shape index (κ1) is 16.7. The number of ether oxygens (including phenoxy) is 1. The topological polar surface area (TPSA) is 76.6 Å². The monoisotopic (exact) mass is 333 g/mol. The number of rotatable bonds is 6. The summed E-state index contributed by atoms with van der Waals surface area (Å²) in [4.78, 5) is 16.5. The highest BCUT2D eigenvalue weighted by Crippen LogP contribution is 2.18. The Morgan fingerprint density at radius 1 is 1.42 bits per heavy atom. The molecule has 24 heavy (non-hydrogen) atoms. The molecule has 2 aromatic rings. The molecule has 0 spiro atoms. The molecule has 0 aromatic carbocycles. The normalized spacial score (nSPS) is 14.7. The number of likely N-dealkylation sites (N-methyl/N-ethyl adjacent to an activating group) is 1. The number of nitrogens with zero attached hydrogens (tertiary/aromatic N) is 5. The van der Waals surface area contributed by atoms with Gasteiger partial charge in [-0.3, -0.25) is 4.79 Å². The van der Waals surface area contributed by atoms with E-state index in [0.717, 1.165) is 30.9 Å². The largest absolute Gasteiger partial charge is 0.472 e. The number of hydrogen-bond donors (Lipinski definition) is 0. The van der Waals surface area contributed by atoms with E-state index in [0.29, 0.717) is 31.9 Å². The van der Waals surface area contributed by atoms with Crippen molar-refractivity contribution in [3.63, 3.8) is 0 Å². The number of amides is 1. The van der Waals surface area contributed by atoms with E-state index in [9.17, 15) is 4.79 Å². The molecule has 0 unspecified atom stereocenters. The number of aromatic nitrogens is 3. The van der Waals surface area contributed by atoms with Crippen molar-refractivity contribution in [3.05, 3.63) is 35.5 Å². The number of furan rings is 1. The Balaban J connectivity index is 1.67. The zero-order chi connectivity index (χ0) is 16.9. The van der Waals surface area contributed by atoms with E-state index < -0.39 is 0 Å². The maximum absolute atomic E-state index is 12.6. The first-order chi connectivity index (χ1) is 11.6. The Morgan fingerprint density at radius 3 is 3.04 bits per heavy atom. The summed E-state index contributed by atoms with van der Waals surface area (Å²) < 4.78 is 12.6. The molecule has 0 radical (unpaired) electrons. The zero-order valence-corrected chi connectivity index (χ0v) is 14.1. The van der Waals surface area contributed by atoms with Crippen LogP contribution >= 0.6 is 0 Å². The molecule has 1 amide bonds. The molecule has 0 saturated heterocycles. The van der Waals surface area contributed by atoms with Crippen LogP contribution in [0.5, 0.6) is 0 Å². The highest BCUT2D eigenvalue weighted by Gasteiger charge is 2.24. The van der Waals surface area contributed by atoms with Gasteiger partial charge in [-0.05, 0) is 26.6 Å². The van der Waals surface area contributed by atoms with Crippen LogP contribution in [0.4, 0.5) is 0 Å². The zero-order valence-electron chi connectivity index (χ0n) is 14.1. The van der Waals surface area contributed by atoms with Crippen LogP contribution in [0.2, 0.25) is 0 Å². The van der Waals surface area contributed by atoms with Gasteiger partial charge < -0.3 is 19.0 Å².